The van der Waals surface area contributed by atoms with E-state index in [1.54, 1.807) is 5.38 Å². The Labute approximate surface area is 185 Å². The number of carbonyl (C=O) groups is 2. The summed E-state index contributed by atoms with van der Waals surface area (Å²) < 4.78 is 0.724. The summed E-state index contributed by atoms with van der Waals surface area (Å²) in [6.45, 7) is 7.64. The molecule has 1 amide bonds. The van der Waals surface area contributed by atoms with Crippen LogP contribution in [0.4, 0.5) is 11.4 Å². The second-order valence-electron chi connectivity index (χ2n) is 7.03. The van der Waals surface area contributed by atoms with Crippen molar-refractivity contribution in [3.8, 4) is 0 Å². The van der Waals surface area contributed by atoms with Crippen LogP contribution in [0.1, 0.15) is 37.2 Å². The summed E-state index contributed by atoms with van der Waals surface area (Å²) in [6.07, 6.45) is 1.44. The van der Waals surface area contributed by atoms with Crippen molar-refractivity contribution < 1.29 is 14.7 Å². The lowest BCUT2D eigenvalue weighted by Crippen LogP contribution is -2.39. The van der Waals surface area contributed by atoms with Crippen molar-refractivity contribution in [2.75, 3.05) is 42.1 Å². The third-order valence-electron chi connectivity index (χ3n) is 5.25. The monoisotopic (exact) mass is 448 g/mol. The predicted molar refractivity (Wildman–Crippen MR) is 123 cm³/mol. The Morgan fingerprint density at radius 1 is 1.33 bits per heavy atom. The van der Waals surface area contributed by atoms with E-state index in [1.165, 1.54) is 28.8 Å². The predicted octanol–water partition coefficient (Wildman–Crippen LogP) is 3.88. The molecule has 0 radical (unpaired) electrons. The van der Waals surface area contributed by atoms with E-state index in [0.29, 0.717) is 18.7 Å². The number of rotatable bonds is 11. The molecule has 162 valence electrons. The smallest absolute Gasteiger partial charge is 0.355 e. The van der Waals surface area contributed by atoms with Crippen LogP contribution in [0.15, 0.2) is 34.0 Å². The highest BCUT2D eigenvalue weighted by atomic mass is 32.2. The Balaban J connectivity index is 1.49. The van der Waals surface area contributed by atoms with Gasteiger partial charge in [0, 0.05) is 61.1 Å². The zero-order valence-corrected chi connectivity index (χ0v) is 19.0. The molecule has 7 nitrogen and oxygen atoms in total. The molecule has 1 aromatic carbocycles. The molecule has 1 aliphatic rings. The summed E-state index contributed by atoms with van der Waals surface area (Å²) in [7, 11) is 0. The molecule has 2 heterocycles. The van der Waals surface area contributed by atoms with Crippen LogP contribution < -0.4 is 10.2 Å². The van der Waals surface area contributed by atoms with E-state index in [4.69, 9.17) is 5.11 Å². The molecule has 1 atom stereocenters. The summed E-state index contributed by atoms with van der Waals surface area (Å²) in [6, 6.07) is 8.61. The van der Waals surface area contributed by atoms with Gasteiger partial charge in [0.1, 0.15) is 0 Å². The zero-order chi connectivity index (χ0) is 21.5. The molecule has 1 unspecified atom stereocenters. The first kappa shape index (κ1) is 22.4. The van der Waals surface area contributed by atoms with Gasteiger partial charge in [-0.15, -0.1) is 11.3 Å². The van der Waals surface area contributed by atoms with E-state index in [9.17, 15) is 9.59 Å². The van der Waals surface area contributed by atoms with Crippen molar-refractivity contribution in [1.29, 1.82) is 0 Å². The zero-order valence-electron chi connectivity index (χ0n) is 17.3. The van der Waals surface area contributed by atoms with Crippen molar-refractivity contribution in [3.63, 3.8) is 0 Å². The van der Waals surface area contributed by atoms with Crippen LogP contribution in [0.2, 0.25) is 0 Å². The third kappa shape index (κ3) is 5.66. The number of carboxylic acids is 1. The fourth-order valence-corrected chi connectivity index (χ4v) is 5.39. The van der Waals surface area contributed by atoms with Crippen LogP contribution in [0.5, 0.6) is 0 Å². The largest absolute Gasteiger partial charge is 0.476 e. The summed E-state index contributed by atoms with van der Waals surface area (Å²) >= 11 is 2.83. The highest BCUT2D eigenvalue weighted by molar-refractivity contribution is 8.01. The number of thiazole rings is 1. The van der Waals surface area contributed by atoms with Crippen LogP contribution in [0, 0.1) is 0 Å². The van der Waals surface area contributed by atoms with Crippen molar-refractivity contribution in [1.82, 2.24) is 9.88 Å². The Morgan fingerprint density at radius 2 is 2.07 bits per heavy atom. The molecule has 3 rings (SSSR count). The molecule has 2 aromatic rings. The molecule has 1 saturated heterocycles. The fourth-order valence-electron chi connectivity index (χ4n) is 3.58. The van der Waals surface area contributed by atoms with Gasteiger partial charge in [0.2, 0.25) is 5.91 Å². The Bertz CT molecular complexity index is 852. The maximum Gasteiger partial charge on any atom is 0.355 e. The highest BCUT2D eigenvalue weighted by Crippen LogP contribution is 2.25. The van der Waals surface area contributed by atoms with Crippen LogP contribution in [-0.4, -0.2) is 64.8 Å². The average Bonchev–Trinajstić information content (AvgIpc) is 3.36. The summed E-state index contributed by atoms with van der Waals surface area (Å²) in [4.78, 5) is 31.6. The van der Waals surface area contributed by atoms with E-state index < -0.39 is 5.97 Å². The van der Waals surface area contributed by atoms with Crippen molar-refractivity contribution in [3.05, 3.63) is 35.3 Å². The number of nitrogens with one attached hydrogen (secondary N) is 1. The molecule has 0 bridgehead atoms. The maximum absolute atomic E-state index is 12.3. The molecule has 30 heavy (non-hydrogen) atoms. The van der Waals surface area contributed by atoms with Gasteiger partial charge in [-0.2, -0.15) is 0 Å². The summed E-state index contributed by atoms with van der Waals surface area (Å²) in [5, 5.41) is 14.0. The molecule has 0 saturated carbocycles. The third-order valence-corrected chi connectivity index (χ3v) is 7.25. The lowest BCUT2D eigenvalue weighted by molar-refractivity contribution is -0.128. The van der Waals surface area contributed by atoms with Crippen molar-refractivity contribution in [2.24, 2.45) is 0 Å². The van der Waals surface area contributed by atoms with E-state index in [1.807, 2.05) is 4.90 Å². The summed E-state index contributed by atoms with van der Waals surface area (Å²) in [5.74, 6) is -0.123. The van der Waals surface area contributed by atoms with Gasteiger partial charge in [0.05, 0.1) is 0 Å². The number of nitrogens with zero attached hydrogens (tertiary/aromatic N) is 3. The lowest BCUT2D eigenvalue weighted by Gasteiger charge is -2.25. The fraction of sp³-hybridized carbons (Fsp3) is 0.476. The second kappa shape index (κ2) is 10.7. The van der Waals surface area contributed by atoms with Crippen LogP contribution in [0.25, 0.3) is 0 Å². The lowest BCUT2D eigenvalue weighted by atomic mass is 10.2. The minimum absolute atomic E-state index is 0.0776. The molecule has 1 aromatic heterocycles. The van der Waals surface area contributed by atoms with Gasteiger partial charge >= 0.3 is 5.97 Å². The second-order valence-corrected chi connectivity index (χ2v) is 9.23. The first-order valence-corrected chi connectivity index (χ1v) is 12.1. The van der Waals surface area contributed by atoms with Gasteiger partial charge < -0.3 is 20.2 Å². The average molecular weight is 449 g/mol. The molecule has 0 spiro atoms. The first-order valence-electron chi connectivity index (χ1n) is 10.2. The Hall–Kier alpha value is -2.26. The summed E-state index contributed by atoms with van der Waals surface area (Å²) in [5.41, 5.74) is 2.35. The normalized spacial score (nSPS) is 16.1. The minimum atomic E-state index is -1.01. The Morgan fingerprint density at radius 3 is 2.70 bits per heavy atom. The number of thioether (sulfide) groups is 1. The van der Waals surface area contributed by atoms with Gasteiger partial charge in [0.25, 0.3) is 0 Å². The number of amides is 1. The number of benzene rings is 1. The number of anilines is 2. The standard InChI is InChI=1S/C21H28N4O3S2/c1-3-24(4-2)16-7-5-15(6-8-16)22-13-17-9-10-19(26)25(17)11-12-29-21-23-18(14-30-21)20(27)28/h5-8,14,17,22H,3-4,9-13H2,1-2H3,(H,27,28). The minimum Gasteiger partial charge on any atom is -0.476 e. The molecule has 1 aliphatic heterocycles. The quantitative estimate of drug-likeness (QED) is 0.505. The number of carbonyl (C=O) groups excluding carboxylic acids is 1. The first-order chi connectivity index (χ1) is 14.5. The van der Waals surface area contributed by atoms with Crippen LogP contribution >= 0.6 is 23.1 Å². The van der Waals surface area contributed by atoms with Gasteiger partial charge in [0.15, 0.2) is 10.0 Å². The number of aromatic nitrogens is 1. The molecule has 9 heteroatoms. The molecule has 0 aliphatic carbocycles. The van der Waals surface area contributed by atoms with Gasteiger partial charge in [-0.1, -0.05) is 11.8 Å². The van der Waals surface area contributed by atoms with E-state index in [-0.39, 0.29) is 17.6 Å². The SMILES string of the molecule is CCN(CC)c1ccc(NCC2CCC(=O)N2CCSc2nc(C(=O)O)cs2)cc1. The van der Waals surface area contributed by atoms with Gasteiger partial charge in [-0.3, -0.25) is 4.79 Å². The Kier molecular flexibility index (Phi) is 7.98. The van der Waals surface area contributed by atoms with E-state index in [2.05, 4.69) is 53.3 Å². The van der Waals surface area contributed by atoms with Crippen molar-refractivity contribution >= 4 is 46.3 Å². The van der Waals surface area contributed by atoms with Crippen LogP contribution in [-0.2, 0) is 4.79 Å². The molecular formula is C21H28N4O3S2. The molecular weight excluding hydrogens is 420 g/mol. The van der Waals surface area contributed by atoms with E-state index >= 15 is 0 Å². The highest BCUT2D eigenvalue weighted by Gasteiger charge is 2.30. The number of hydrogen-bond donors (Lipinski definition) is 2. The van der Waals surface area contributed by atoms with Crippen LogP contribution in [0.3, 0.4) is 0 Å². The topological polar surface area (TPSA) is 85.8 Å². The van der Waals surface area contributed by atoms with Gasteiger partial charge in [-0.05, 0) is 44.5 Å². The number of likely N-dealkylation sites (tertiary alicyclic amines) is 1. The van der Waals surface area contributed by atoms with Gasteiger partial charge in [-0.25, -0.2) is 9.78 Å². The number of aromatic carboxylic acids is 1. The maximum atomic E-state index is 12.3. The van der Waals surface area contributed by atoms with E-state index in [0.717, 1.165) is 36.1 Å². The number of carboxylic acid groups (broad SMARTS) is 1. The van der Waals surface area contributed by atoms with Crippen molar-refractivity contribution in [2.45, 2.75) is 37.1 Å². The molecule has 1 fully saturated rings. The molecule has 2 N–H and O–H groups in total. The number of hydrogen-bond acceptors (Lipinski definition) is 7.